The molecule has 2 aromatic rings. The molecule has 2 heterocycles. The summed E-state index contributed by atoms with van der Waals surface area (Å²) in [5.74, 6) is 4.57. The molecule has 2 N–H and O–H groups in total. The summed E-state index contributed by atoms with van der Waals surface area (Å²) in [5, 5.41) is 19.2. The molecule has 2 aromatic carbocycles. The van der Waals surface area contributed by atoms with Crippen LogP contribution in [0.1, 0.15) is 52.7 Å². The fourth-order valence-corrected chi connectivity index (χ4v) is 21.7. The van der Waals surface area contributed by atoms with E-state index in [1.807, 2.05) is 71.8 Å². The summed E-state index contributed by atoms with van der Waals surface area (Å²) < 4.78 is 19.0. The predicted octanol–water partition coefficient (Wildman–Crippen LogP) is 9.47. The van der Waals surface area contributed by atoms with Crippen LogP contribution in [-0.2, 0) is 128 Å². The van der Waals surface area contributed by atoms with E-state index in [2.05, 4.69) is 49.7 Å². The first-order chi connectivity index (χ1) is 18.2. The van der Waals surface area contributed by atoms with Gasteiger partial charge in [0.15, 0.2) is 0 Å². The van der Waals surface area contributed by atoms with Gasteiger partial charge in [0.05, 0.1) is 11.2 Å². The normalized spacial score (nSPS) is 16.7. The third-order valence-electron chi connectivity index (χ3n) is 6.25. The molecule has 6 unspecified atom stereocenters. The molecule has 4 radical (unpaired) electrons. The monoisotopic (exact) mass is 1230 g/mol. The minimum absolute atomic E-state index is 0. The molecular formula is C24H36B2Br2IrO5P6Y3. The summed E-state index contributed by atoms with van der Waals surface area (Å²) in [7, 11) is 9.01. The van der Waals surface area contributed by atoms with Crippen LogP contribution in [0.25, 0.3) is 11.1 Å². The first kappa shape index (κ1) is 52.4. The van der Waals surface area contributed by atoms with Gasteiger partial charge in [-0.25, -0.2) is 0 Å². The molecule has 0 aliphatic carbocycles. The molecule has 0 spiro atoms. The van der Waals surface area contributed by atoms with Gasteiger partial charge in [-0.2, -0.15) is 0 Å². The van der Waals surface area contributed by atoms with Gasteiger partial charge in [-0.1, -0.05) is 69.7 Å². The summed E-state index contributed by atoms with van der Waals surface area (Å²) in [6, 6.07) is 11.1. The molecule has 0 amide bonds. The van der Waals surface area contributed by atoms with Crippen molar-refractivity contribution in [2.45, 2.75) is 52.7 Å². The van der Waals surface area contributed by atoms with Crippen LogP contribution in [0.2, 0.25) is 0 Å². The van der Waals surface area contributed by atoms with Crippen molar-refractivity contribution in [2.24, 2.45) is 0 Å². The van der Waals surface area contributed by atoms with Gasteiger partial charge < -0.3 is 24.1 Å². The van der Waals surface area contributed by atoms with Crippen LogP contribution >= 0.6 is 81.5 Å². The second kappa shape index (κ2) is 25.9. The molecule has 0 saturated carbocycles. The number of fused-ring (bicyclic) bond motifs is 1. The Hall–Kier alpha value is 5.03. The number of aromatic hydroxyl groups is 1. The number of phenols is 1. The number of allylic oxidation sites excluding steroid dienone is 2. The number of hydrogen-bond acceptors (Lipinski definition) is 5. The van der Waals surface area contributed by atoms with Gasteiger partial charge >= 0.3 is 14.2 Å². The van der Waals surface area contributed by atoms with Crippen LogP contribution in [0.4, 0.5) is 0 Å². The largest absolute Gasteiger partial charge is 0.552 e. The fraction of sp³-hybridized carbons (Fsp3) is 0.333. The Kier molecular flexibility index (Phi) is 31.6. The van der Waals surface area contributed by atoms with E-state index in [0.717, 1.165) is 52.9 Å². The molecule has 230 valence electrons. The molecular weight excluding hydrogens is 1190 g/mol. The van der Waals surface area contributed by atoms with Crippen LogP contribution in [0, 0.1) is 0 Å². The second-order valence-corrected chi connectivity index (χ2v) is 25.5. The standard InChI is InChI=1S/C15H20BBrO3.C9H8BBrO2.Ir.H8P6.3Y/c1-10(12-8-11(17)6-7-13(12)18)9-16-19-14(2,3)15(4,5)20-16;1-6-5-10(12)13-9-3-2-7(11)4-8(6)9;;1-3-5-6-4-2;;;/h6-9,18H,1-5H3;2-5,12H,1H3;;3-6H,1-2H2;;;/b10-9+;;;;;;. The van der Waals surface area contributed by atoms with Crippen LogP contribution in [-0.4, -0.2) is 35.6 Å². The zero-order chi connectivity index (χ0) is 29.4. The minimum Gasteiger partial charge on any atom is -0.532 e. The van der Waals surface area contributed by atoms with Crippen molar-refractivity contribution in [3.8, 4) is 11.5 Å². The van der Waals surface area contributed by atoms with E-state index in [9.17, 15) is 10.1 Å². The summed E-state index contributed by atoms with van der Waals surface area (Å²) >= 11 is 6.80. The summed E-state index contributed by atoms with van der Waals surface area (Å²) in [6.07, 6.45) is 0. The SMILES string of the molecule is C/C(=C\B1OC(C)(C)C(C)(C)O1)c1cc(Br)ccc1O.CC1=CB(O)Oc2ccc(Br)cc21.PPPPPP.[Ir].[Y].[Y].[Y]. The first-order valence-corrected chi connectivity index (χ1v) is 24.2. The number of rotatable bonds is 5. The van der Waals surface area contributed by atoms with Crippen molar-refractivity contribution >= 4 is 107 Å². The number of hydrogen-bond donors (Lipinski definition) is 2. The van der Waals surface area contributed by atoms with Crippen molar-refractivity contribution < 1.29 is 142 Å². The van der Waals surface area contributed by atoms with Gasteiger partial charge in [-0.3, -0.25) is 0 Å². The molecule has 1 fully saturated rings. The van der Waals surface area contributed by atoms with Crippen LogP contribution in [0.15, 0.2) is 57.3 Å². The number of benzene rings is 2. The van der Waals surface area contributed by atoms with E-state index in [1.54, 1.807) is 18.1 Å². The Morgan fingerprint density at radius 3 is 1.91 bits per heavy atom. The molecule has 19 heteroatoms. The van der Waals surface area contributed by atoms with E-state index < -0.39 is 14.2 Å². The van der Waals surface area contributed by atoms with E-state index >= 15 is 0 Å². The number of phenolic OH excluding ortho intramolecular Hbond substituents is 1. The van der Waals surface area contributed by atoms with E-state index in [-0.39, 0.29) is 135 Å². The van der Waals surface area contributed by atoms with Crippen molar-refractivity contribution in [1.82, 2.24) is 0 Å². The number of halogens is 2. The Morgan fingerprint density at radius 2 is 1.40 bits per heavy atom. The predicted molar refractivity (Wildman–Crippen MR) is 195 cm³/mol. The van der Waals surface area contributed by atoms with Gasteiger partial charge in [0.2, 0.25) is 0 Å². The molecule has 5 nitrogen and oxygen atoms in total. The van der Waals surface area contributed by atoms with E-state index in [1.165, 1.54) is 15.9 Å². The van der Waals surface area contributed by atoms with Gasteiger partial charge in [-0.05, 0) is 95.1 Å². The second-order valence-electron chi connectivity index (χ2n) is 9.67. The van der Waals surface area contributed by atoms with Crippen molar-refractivity contribution in [2.75, 3.05) is 0 Å². The first-order valence-electron chi connectivity index (χ1n) is 12.0. The molecule has 1 saturated heterocycles. The maximum Gasteiger partial charge on any atom is 0.552 e. The third kappa shape index (κ3) is 17.9. The zero-order valence-electron chi connectivity index (χ0n) is 24.9. The Bertz CT molecular complexity index is 1190. The molecule has 2 aliphatic rings. The maximum atomic E-state index is 9.94. The molecule has 0 bridgehead atoms. The van der Waals surface area contributed by atoms with Gasteiger partial charge in [-0.15, -0.1) is 17.9 Å². The average molecular weight is 1230 g/mol. The molecule has 43 heavy (non-hydrogen) atoms. The smallest absolute Gasteiger partial charge is 0.532 e. The summed E-state index contributed by atoms with van der Waals surface area (Å²) in [4.78, 5) is 0. The van der Waals surface area contributed by atoms with E-state index in [4.69, 9.17) is 14.0 Å². The fourth-order valence-electron chi connectivity index (χ4n) is 3.53. The van der Waals surface area contributed by atoms with Crippen LogP contribution in [0.5, 0.6) is 11.5 Å². The van der Waals surface area contributed by atoms with Gasteiger partial charge in [0.1, 0.15) is 11.5 Å². The Labute approximate surface area is 375 Å². The van der Waals surface area contributed by atoms with E-state index in [0.29, 0.717) is 0 Å². The van der Waals surface area contributed by atoms with Gasteiger partial charge in [0, 0.05) is 138 Å². The Balaban J connectivity index is -0.000000606. The summed E-state index contributed by atoms with van der Waals surface area (Å²) in [5.41, 5.74) is 3.05. The summed E-state index contributed by atoms with van der Waals surface area (Å²) in [6.45, 7) is 12.0. The van der Waals surface area contributed by atoms with Crippen molar-refractivity contribution in [3.63, 3.8) is 0 Å². The topological polar surface area (TPSA) is 68.2 Å². The quantitative estimate of drug-likeness (QED) is 0.178. The molecule has 0 aromatic heterocycles. The molecule has 4 rings (SSSR count). The molecule has 2 aliphatic heterocycles. The van der Waals surface area contributed by atoms with Crippen molar-refractivity contribution in [1.29, 1.82) is 0 Å². The van der Waals surface area contributed by atoms with Crippen LogP contribution < -0.4 is 4.65 Å². The Morgan fingerprint density at radius 1 is 0.907 bits per heavy atom. The molecule has 6 atom stereocenters. The minimum atomic E-state index is -0.811. The average Bonchev–Trinajstić information content (AvgIpc) is 3.05. The third-order valence-corrected chi connectivity index (χ3v) is 23.8. The van der Waals surface area contributed by atoms with Crippen LogP contribution in [0.3, 0.4) is 0 Å². The maximum absolute atomic E-state index is 9.94. The van der Waals surface area contributed by atoms with Crippen molar-refractivity contribution in [3.05, 3.63) is 68.4 Å². The van der Waals surface area contributed by atoms with Gasteiger partial charge in [0.25, 0.3) is 0 Å². The zero-order valence-corrected chi connectivity index (χ0v) is 45.3.